The quantitative estimate of drug-likeness (QED) is 0.407. The van der Waals surface area contributed by atoms with Crippen molar-refractivity contribution in [2.75, 3.05) is 17.4 Å². The van der Waals surface area contributed by atoms with Crippen LogP contribution in [-0.2, 0) is 26.2 Å². The van der Waals surface area contributed by atoms with Crippen molar-refractivity contribution in [3.05, 3.63) is 95.0 Å². The molecule has 37 heavy (non-hydrogen) atoms. The van der Waals surface area contributed by atoms with E-state index in [0.717, 1.165) is 16.4 Å². The number of nitrogens with one attached hydrogen (secondary N) is 1. The zero-order valence-corrected chi connectivity index (χ0v) is 21.8. The van der Waals surface area contributed by atoms with Gasteiger partial charge in [-0.15, -0.1) is 0 Å². The van der Waals surface area contributed by atoms with E-state index < -0.39 is 46.1 Å². The number of carbonyl (C=O) groups is 2. The molecule has 3 aromatic rings. The van der Waals surface area contributed by atoms with E-state index in [1.54, 1.807) is 13.0 Å². The first-order valence-electron chi connectivity index (χ1n) is 11.4. The van der Waals surface area contributed by atoms with Gasteiger partial charge in [0.15, 0.2) is 0 Å². The van der Waals surface area contributed by atoms with Crippen molar-refractivity contribution >= 4 is 39.1 Å². The summed E-state index contributed by atoms with van der Waals surface area (Å²) < 4.78 is 55.3. The average Bonchev–Trinajstić information content (AvgIpc) is 2.88. The second kappa shape index (κ2) is 12.2. The Morgan fingerprint density at radius 3 is 2.24 bits per heavy atom. The molecule has 0 saturated heterocycles. The number of hydrogen-bond donors (Lipinski definition) is 1. The van der Waals surface area contributed by atoms with Gasteiger partial charge in [0.2, 0.25) is 11.8 Å². The van der Waals surface area contributed by atoms with Gasteiger partial charge in [0.1, 0.15) is 24.2 Å². The lowest BCUT2D eigenvalue weighted by Gasteiger charge is -2.32. The van der Waals surface area contributed by atoms with Crippen LogP contribution in [0.25, 0.3) is 0 Å². The van der Waals surface area contributed by atoms with Gasteiger partial charge in [-0.2, -0.15) is 0 Å². The van der Waals surface area contributed by atoms with Crippen molar-refractivity contribution < 1.29 is 26.8 Å². The number of likely N-dealkylation sites (N-methyl/N-ethyl adjacent to an activating group) is 1. The van der Waals surface area contributed by atoms with Gasteiger partial charge in [-0.1, -0.05) is 41.9 Å². The zero-order valence-electron chi connectivity index (χ0n) is 20.2. The molecule has 0 fully saturated rings. The number of rotatable bonds is 10. The topological polar surface area (TPSA) is 86.8 Å². The summed E-state index contributed by atoms with van der Waals surface area (Å²) in [6, 6.07) is 15.2. The van der Waals surface area contributed by atoms with Gasteiger partial charge in [-0.05, 0) is 61.9 Å². The molecule has 3 aromatic carbocycles. The van der Waals surface area contributed by atoms with Crippen LogP contribution in [0.2, 0.25) is 5.02 Å². The van der Waals surface area contributed by atoms with Gasteiger partial charge in [0.25, 0.3) is 10.0 Å². The fourth-order valence-electron chi connectivity index (χ4n) is 3.58. The van der Waals surface area contributed by atoms with E-state index in [9.17, 15) is 26.8 Å². The smallest absolute Gasteiger partial charge is 0.264 e. The van der Waals surface area contributed by atoms with Crippen molar-refractivity contribution in [1.29, 1.82) is 0 Å². The lowest BCUT2D eigenvalue weighted by atomic mass is 10.1. The fraction of sp³-hybridized carbons (Fsp3) is 0.231. The molecule has 0 aliphatic carbocycles. The van der Waals surface area contributed by atoms with Crippen LogP contribution in [-0.4, -0.2) is 44.3 Å². The number of anilines is 1. The summed E-state index contributed by atoms with van der Waals surface area (Å²) in [5.41, 5.74) is 0.504. The molecule has 0 saturated carbocycles. The van der Waals surface area contributed by atoms with E-state index in [2.05, 4.69) is 5.32 Å². The molecule has 0 spiro atoms. The van der Waals surface area contributed by atoms with E-state index in [1.807, 2.05) is 0 Å². The monoisotopic (exact) mass is 549 g/mol. The Labute approximate surface area is 219 Å². The molecule has 2 amide bonds. The Hall–Kier alpha value is -3.50. The molecule has 7 nitrogen and oxygen atoms in total. The number of nitrogens with zero attached hydrogens (tertiary/aromatic N) is 2. The van der Waals surface area contributed by atoms with Crippen LogP contribution >= 0.6 is 11.6 Å². The number of hydrogen-bond acceptors (Lipinski definition) is 4. The summed E-state index contributed by atoms with van der Waals surface area (Å²) in [6.45, 7) is 2.77. The van der Waals surface area contributed by atoms with Gasteiger partial charge >= 0.3 is 0 Å². The number of halogens is 3. The highest BCUT2D eigenvalue weighted by Crippen LogP contribution is 2.28. The molecule has 0 aromatic heterocycles. The Balaban J connectivity index is 2.03. The molecule has 196 valence electrons. The number of carbonyl (C=O) groups excluding carboxylic acids is 2. The van der Waals surface area contributed by atoms with Gasteiger partial charge in [0.05, 0.1) is 15.6 Å². The number of amides is 2. The molecule has 0 aliphatic heterocycles. The second-order valence-corrected chi connectivity index (χ2v) is 10.4. The van der Waals surface area contributed by atoms with Crippen molar-refractivity contribution in [3.63, 3.8) is 0 Å². The summed E-state index contributed by atoms with van der Waals surface area (Å²) in [6.07, 6.45) is 0. The molecule has 0 radical (unpaired) electrons. The highest BCUT2D eigenvalue weighted by atomic mass is 35.5. The summed E-state index contributed by atoms with van der Waals surface area (Å²) in [5.74, 6) is -2.37. The minimum Gasteiger partial charge on any atom is -0.355 e. The predicted molar refractivity (Wildman–Crippen MR) is 137 cm³/mol. The van der Waals surface area contributed by atoms with Gasteiger partial charge < -0.3 is 10.2 Å². The molecule has 0 aliphatic rings. The number of benzene rings is 3. The van der Waals surface area contributed by atoms with Crippen LogP contribution in [0, 0.1) is 11.6 Å². The standard InChI is InChI=1S/C26H26ClF2N3O4S/c1-3-30-26(34)18(2)31(16-19-9-11-20(28)12-10-19)25(33)17-32(21-13-14-24(29)23(27)15-21)37(35,36)22-7-5-4-6-8-22/h4-15,18H,3,16-17H2,1-2H3,(H,30,34)/t18-/m0/s1. The third-order valence-electron chi connectivity index (χ3n) is 5.59. The van der Waals surface area contributed by atoms with E-state index in [4.69, 9.17) is 11.6 Å². The Morgan fingerprint density at radius 2 is 1.65 bits per heavy atom. The average molecular weight is 550 g/mol. The van der Waals surface area contributed by atoms with Crippen molar-refractivity contribution in [2.24, 2.45) is 0 Å². The molecule has 3 rings (SSSR count). The van der Waals surface area contributed by atoms with Crippen LogP contribution in [0.3, 0.4) is 0 Å². The third kappa shape index (κ3) is 6.84. The van der Waals surface area contributed by atoms with E-state index in [1.165, 1.54) is 66.4 Å². The maximum absolute atomic E-state index is 13.9. The summed E-state index contributed by atoms with van der Waals surface area (Å²) in [4.78, 5) is 27.4. The van der Waals surface area contributed by atoms with Crippen molar-refractivity contribution in [2.45, 2.75) is 31.3 Å². The lowest BCUT2D eigenvalue weighted by molar-refractivity contribution is -0.139. The predicted octanol–water partition coefficient (Wildman–Crippen LogP) is 4.37. The van der Waals surface area contributed by atoms with Crippen LogP contribution in [0.1, 0.15) is 19.4 Å². The molecular formula is C26H26ClF2N3O4S. The van der Waals surface area contributed by atoms with Gasteiger partial charge in [-0.25, -0.2) is 17.2 Å². The molecule has 0 heterocycles. The van der Waals surface area contributed by atoms with E-state index >= 15 is 0 Å². The van der Waals surface area contributed by atoms with E-state index in [0.29, 0.717) is 12.1 Å². The molecule has 1 atom stereocenters. The van der Waals surface area contributed by atoms with Crippen LogP contribution in [0.15, 0.2) is 77.7 Å². The second-order valence-electron chi connectivity index (χ2n) is 8.14. The Kier molecular flexibility index (Phi) is 9.23. The SMILES string of the molecule is CCNC(=O)[C@H](C)N(Cc1ccc(F)cc1)C(=O)CN(c1ccc(F)c(Cl)c1)S(=O)(=O)c1ccccc1. The molecule has 1 N–H and O–H groups in total. The Morgan fingerprint density at radius 1 is 1.00 bits per heavy atom. The van der Waals surface area contributed by atoms with Gasteiger partial charge in [0, 0.05) is 13.1 Å². The van der Waals surface area contributed by atoms with Crippen molar-refractivity contribution in [1.82, 2.24) is 10.2 Å². The van der Waals surface area contributed by atoms with Crippen LogP contribution < -0.4 is 9.62 Å². The minimum absolute atomic E-state index is 0.0315. The molecular weight excluding hydrogens is 524 g/mol. The Bertz CT molecular complexity index is 1360. The first kappa shape index (κ1) is 28.1. The highest BCUT2D eigenvalue weighted by molar-refractivity contribution is 7.92. The summed E-state index contributed by atoms with van der Waals surface area (Å²) >= 11 is 5.92. The highest BCUT2D eigenvalue weighted by Gasteiger charge is 2.32. The lowest BCUT2D eigenvalue weighted by Crippen LogP contribution is -2.51. The summed E-state index contributed by atoms with van der Waals surface area (Å²) in [7, 11) is -4.29. The molecule has 0 unspecified atom stereocenters. The number of sulfonamides is 1. The van der Waals surface area contributed by atoms with E-state index in [-0.39, 0.29) is 22.2 Å². The minimum atomic E-state index is -4.29. The first-order chi connectivity index (χ1) is 17.5. The normalized spacial score (nSPS) is 12.0. The fourth-order valence-corrected chi connectivity index (χ4v) is 5.18. The molecule has 0 bridgehead atoms. The maximum atomic E-state index is 13.9. The zero-order chi connectivity index (χ0) is 27.2. The summed E-state index contributed by atoms with van der Waals surface area (Å²) in [5, 5.41) is 2.32. The van der Waals surface area contributed by atoms with Gasteiger partial charge in [-0.3, -0.25) is 13.9 Å². The first-order valence-corrected chi connectivity index (χ1v) is 13.2. The van der Waals surface area contributed by atoms with Crippen LogP contribution in [0.5, 0.6) is 0 Å². The van der Waals surface area contributed by atoms with Crippen molar-refractivity contribution in [3.8, 4) is 0 Å². The molecule has 11 heteroatoms. The van der Waals surface area contributed by atoms with Crippen LogP contribution in [0.4, 0.5) is 14.5 Å². The third-order valence-corrected chi connectivity index (χ3v) is 7.66. The largest absolute Gasteiger partial charge is 0.355 e. The maximum Gasteiger partial charge on any atom is 0.264 e.